The highest BCUT2D eigenvalue weighted by Crippen LogP contribution is 2.37. The predicted molar refractivity (Wildman–Crippen MR) is 49.3 cm³/mol. The van der Waals surface area contributed by atoms with E-state index < -0.39 is 6.17 Å². The Balaban J connectivity index is 2.05. The molecule has 2 aliphatic heterocycles. The van der Waals surface area contributed by atoms with Crippen LogP contribution in [0.5, 0.6) is 0 Å². The van der Waals surface area contributed by atoms with Crippen LogP contribution in [0.15, 0.2) is 0 Å². The van der Waals surface area contributed by atoms with E-state index in [0.717, 1.165) is 19.3 Å². The molecular weight excluding hydrogens is 175 g/mol. The zero-order chi connectivity index (χ0) is 8.55. The molecule has 2 saturated heterocycles. The number of fused-ring (bicyclic) bond motifs is 2. The Hall–Kier alpha value is 0.240. The van der Waals surface area contributed by atoms with Gasteiger partial charge in [0, 0.05) is 5.25 Å². The lowest BCUT2D eigenvalue weighted by Gasteiger charge is -2.18. The average Bonchev–Trinajstić information content (AvgIpc) is 2.47. The number of thioether (sulfide) groups is 1. The van der Waals surface area contributed by atoms with Gasteiger partial charge >= 0.3 is 0 Å². The topological polar surface area (TPSA) is 9.23 Å². The molecule has 0 saturated carbocycles. The second-order valence-corrected chi connectivity index (χ2v) is 4.73. The molecule has 1 nitrogen and oxygen atoms in total. The molecule has 2 aliphatic rings. The highest BCUT2D eigenvalue weighted by atomic mass is 32.2. The molecule has 0 amide bonds. The molecule has 0 aromatic heterocycles. The number of hydrogen-bond acceptors (Lipinski definition) is 2. The van der Waals surface area contributed by atoms with E-state index in [2.05, 4.69) is 6.26 Å². The summed E-state index contributed by atoms with van der Waals surface area (Å²) >= 11 is 1.83. The van der Waals surface area contributed by atoms with Gasteiger partial charge in [-0.2, -0.15) is 11.8 Å². The van der Waals surface area contributed by atoms with E-state index in [9.17, 15) is 4.39 Å². The molecule has 4 atom stereocenters. The number of ether oxygens (including phenoxy) is 1. The molecule has 0 aromatic rings. The van der Waals surface area contributed by atoms with E-state index in [1.807, 2.05) is 11.8 Å². The lowest BCUT2D eigenvalue weighted by Crippen LogP contribution is -2.21. The van der Waals surface area contributed by atoms with Crippen LogP contribution in [0.1, 0.15) is 25.7 Å². The third-order valence-electron chi connectivity index (χ3n) is 2.93. The van der Waals surface area contributed by atoms with Crippen molar-refractivity contribution in [2.45, 2.75) is 49.3 Å². The summed E-state index contributed by atoms with van der Waals surface area (Å²) in [6, 6.07) is 0. The van der Waals surface area contributed by atoms with Crippen molar-refractivity contribution in [1.29, 1.82) is 0 Å². The van der Waals surface area contributed by atoms with Crippen LogP contribution < -0.4 is 0 Å². The van der Waals surface area contributed by atoms with E-state index in [-0.39, 0.29) is 6.10 Å². The summed E-state index contributed by atoms with van der Waals surface area (Å²) in [7, 11) is 0. The molecule has 0 aliphatic carbocycles. The maximum absolute atomic E-state index is 13.3. The Morgan fingerprint density at radius 2 is 1.92 bits per heavy atom. The zero-order valence-electron chi connectivity index (χ0n) is 7.33. The molecule has 2 bridgehead atoms. The summed E-state index contributed by atoms with van der Waals surface area (Å²) in [5.74, 6) is 0. The Morgan fingerprint density at radius 3 is 2.67 bits per heavy atom. The van der Waals surface area contributed by atoms with Crippen LogP contribution in [-0.2, 0) is 4.74 Å². The van der Waals surface area contributed by atoms with Gasteiger partial charge in [-0.15, -0.1) is 0 Å². The maximum atomic E-state index is 13.3. The third kappa shape index (κ3) is 1.49. The fourth-order valence-corrected chi connectivity index (χ4v) is 3.07. The summed E-state index contributed by atoms with van der Waals surface area (Å²) in [4.78, 5) is 0. The van der Waals surface area contributed by atoms with Crippen LogP contribution in [0.4, 0.5) is 4.39 Å². The minimum atomic E-state index is -0.702. The van der Waals surface area contributed by atoms with Crippen LogP contribution in [-0.4, -0.2) is 29.9 Å². The smallest absolute Gasteiger partial charge is 0.126 e. The summed E-state index contributed by atoms with van der Waals surface area (Å²) in [6.07, 6.45) is 5.35. The van der Waals surface area contributed by atoms with Crippen LogP contribution in [0.3, 0.4) is 0 Å². The molecule has 2 heterocycles. The van der Waals surface area contributed by atoms with Gasteiger partial charge in [0.25, 0.3) is 0 Å². The first-order chi connectivity index (χ1) is 5.81. The quantitative estimate of drug-likeness (QED) is 0.628. The first-order valence-corrected chi connectivity index (χ1v) is 5.92. The van der Waals surface area contributed by atoms with Crippen LogP contribution in [0.25, 0.3) is 0 Å². The fourth-order valence-electron chi connectivity index (χ4n) is 2.19. The van der Waals surface area contributed by atoms with E-state index in [1.54, 1.807) is 0 Å². The number of halogens is 1. The van der Waals surface area contributed by atoms with E-state index in [0.29, 0.717) is 17.8 Å². The summed E-state index contributed by atoms with van der Waals surface area (Å²) in [5.41, 5.74) is 0. The lowest BCUT2D eigenvalue weighted by molar-refractivity contribution is 0.0132. The van der Waals surface area contributed by atoms with Gasteiger partial charge < -0.3 is 4.74 Å². The van der Waals surface area contributed by atoms with Gasteiger partial charge in [0.05, 0.1) is 12.2 Å². The van der Waals surface area contributed by atoms with E-state index in [1.165, 1.54) is 0 Å². The van der Waals surface area contributed by atoms with Crippen molar-refractivity contribution in [3.8, 4) is 0 Å². The molecule has 12 heavy (non-hydrogen) atoms. The number of alkyl halides is 1. The molecule has 0 N–H and O–H groups in total. The first kappa shape index (κ1) is 8.82. The van der Waals surface area contributed by atoms with Crippen molar-refractivity contribution in [2.75, 3.05) is 6.26 Å². The third-order valence-corrected chi connectivity index (χ3v) is 4.08. The van der Waals surface area contributed by atoms with Gasteiger partial charge in [0.1, 0.15) is 6.17 Å². The van der Waals surface area contributed by atoms with Gasteiger partial charge in [-0.25, -0.2) is 4.39 Å². The standard InChI is InChI=1S/C9H15FOS/c1-12-9-5-2-6(10)7-3-4-8(9)11-7/h6-9H,2-5H2,1H3/t6-,7-,8+,9+/m1/s1. The van der Waals surface area contributed by atoms with Crippen molar-refractivity contribution < 1.29 is 9.13 Å². The largest absolute Gasteiger partial charge is 0.371 e. The summed E-state index contributed by atoms with van der Waals surface area (Å²) in [6.45, 7) is 0. The van der Waals surface area contributed by atoms with Gasteiger partial charge in [-0.05, 0) is 31.9 Å². The molecule has 70 valence electrons. The molecule has 2 fully saturated rings. The van der Waals surface area contributed by atoms with Gasteiger partial charge in [-0.3, -0.25) is 0 Å². The molecule has 0 unspecified atom stereocenters. The van der Waals surface area contributed by atoms with Crippen LogP contribution in [0, 0.1) is 0 Å². The Labute approximate surface area is 77.0 Å². The number of rotatable bonds is 1. The molecule has 2 rings (SSSR count). The van der Waals surface area contributed by atoms with Crippen LogP contribution in [0.2, 0.25) is 0 Å². The van der Waals surface area contributed by atoms with Crippen molar-refractivity contribution >= 4 is 11.8 Å². The van der Waals surface area contributed by atoms with E-state index in [4.69, 9.17) is 4.74 Å². The Morgan fingerprint density at radius 1 is 1.17 bits per heavy atom. The predicted octanol–water partition coefficient (Wildman–Crippen LogP) is 2.40. The molecule has 3 heteroatoms. The lowest BCUT2D eigenvalue weighted by atomic mass is 9.99. The monoisotopic (exact) mass is 190 g/mol. The van der Waals surface area contributed by atoms with Gasteiger partial charge in [0.15, 0.2) is 0 Å². The van der Waals surface area contributed by atoms with E-state index >= 15 is 0 Å². The second kappa shape index (κ2) is 3.54. The fraction of sp³-hybridized carbons (Fsp3) is 1.00. The Kier molecular flexibility index (Phi) is 2.60. The summed E-state index contributed by atoms with van der Waals surface area (Å²) < 4.78 is 19.0. The van der Waals surface area contributed by atoms with Crippen LogP contribution >= 0.6 is 11.8 Å². The molecule has 0 radical (unpaired) electrons. The number of hydrogen-bond donors (Lipinski definition) is 0. The first-order valence-electron chi connectivity index (χ1n) is 4.63. The van der Waals surface area contributed by atoms with Crippen molar-refractivity contribution in [2.24, 2.45) is 0 Å². The van der Waals surface area contributed by atoms with Crippen molar-refractivity contribution in [3.05, 3.63) is 0 Å². The highest BCUT2D eigenvalue weighted by Gasteiger charge is 2.39. The zero-order valence-corrected chi connectivity index (χ0v) is 8.15. The van der Waals surface area contributed by atoms with Gasteiger partial charge in [-0.1, -0.05) is 0 Å². The highest BCUT2D eigenvalue weighted by molar-refractivity contribution is 7.99. The maximum Gasteiger partial charge on any atom is 0.126 e. The van der Waals surface area contributed by atoms with Gasteiger partial charge in [0.2, 0.25) is 0 Å². The normalized spacial score (nSPS) is 47.5. The molecule has 0 aromatic carbocycles. The Bertz CT molecular complexity index is 165. The average molecular weight is 190 g/mol. The van der Waals surface area contributed by atoms with Crippen molar-refractivity contribution in [3.63, 3.8) is 0 Å². The SMILES string of the molecule is CS[C@H]1CC[C@@H](F)[C@H]2CC[C@@H]1O2. The summed E-state index contributed by atoms with van der Waals surface area (Å²) in [5, 5.41) is 0.538. The minimum absolute atomic E-state index is 0.0767. The van der Waals surface area contributed by atoms with Crippen molar-refractivity contribution in [1.82, 2.24) is 0 Å². The minimum Gasteiger partial charge on any atom is -0.371 e. The molecule has 0 spiro atoms. The second-order valence-electron chi connectivity index (χ2n) is 3.66. The molecular formula is C9H15FOS.